The maximum atomic E-state index is 12.5. The van der Waals surface area contributed by atoms with Crippen LogP contribution in [0.5, 0.6) is 0 Å². The lowest BCUT2D eigenvalue weighted by Gasteiger charge is -2.29. The first-order chi connectivity index (χ1) is 11.4. The van der Waals surface area contributed by atoms with E-state index in [1.807, 2.05) is 26.0 Å². The number of anilines is 1. The zero-order chi connectivity index (χ0) is 17.5. The Balaban J connectivity index is 1.81. The van der Waals surface area contributed by atoms with E-state index in [0.29, 0.717) is 25.7 Å². The molecule has 24 heavy (non-hydrogen) atoms. The smallest absolute Gasteiger partial charge is 0.227 e. The van der Waals surface area contributed by atoms with Crippen molar-refractivity contribution >= 4 is 11.6 Å². The number of aryl methyl sites for hydroxylation is 2. The lowest BCUT2D eigenvalue weighted by molar-refractivity contribution is -0.176. The molecule has 0 aromatic heterocycles. The minimum Gasteiger partial charge on any atom is -0.353 e. The zero-order valence-electron chi connectivity index (χ0n) is 15.2. The topological polar surface area (TPSA) is 59.6 Å². The van der Waals surface area contributed by atoms with E-state index in [1.165, 1.54) is 0 Å². The molecule has 5 nitrogen and oxygen atoms in total. The molecule has 1 aliphatic heterocycles. The predicted molar refractivity (Wildman–Crippen MR) is 96.1 cm³/mol. The van der Waals surface area contributed by atoms with Crippen molar-refractivity contribution in [3.05, 3.63) is 29.3 Å². The second-order valence-corrected chi connectivity index (χ2v) is 6.87. The number of hydrogen-bond donors (Lipinski definition) is 2. The van der Waals surface area contributed by atoms with Crippen molar-refractivity contribution in [3.8, 4) is 0 Å². The fraction of sp³-hybridized carbons (Fsp3) is 0.632. The predicted octanol–water partition coefficient (Wildman–Crippen LogP) is 3.01. The highest BCUT2D eigenvalue weighted by Gasteiger charge is 2.28. The normalized spacial score (nSPS) is 21.0. The minimum atomic E-state index is -0.289. The number of carbonyl (C=O) groups excluding carboxylic acids is 1. The summed E-state index contributed by atoms with van der Waals surface area (Å²) < 4.78 is 11.4. The molecule has 0 aliphatic carbocycles. The Morgan fingerprint density at radius 3 is 2.67 bits per heavy atom. The van der Waals surface area contributed by atoms with Gasteiger partial charge in [0.25, 0.3) is 0 Å². The van der Waals surface area contributed by atoms with Gasteiger partial charge in [0, 0.05) is 30.6 Å². The Morgan fingerprint density at radius 1 is 1.29 bits per heavy atom. The van der Waals surface area contributed by atoms with Gasteiger partial charge in [0.05, 0.1) is 13.2 Å². The maximum Gasteiger partial charge on any atom is 0.227 e. The highest BCUT2D eigenvalue weighted by molar-refractivity contribution is 5.92. The first-order valence-electron chi connectivity index (χ1n) is 8.80. The molecular formula is C19H30N2O3. The Morgan fingerprint density at radius 2 is 2.00 bits per heavy atom. The Labute approximate surface area is 145 Å². The van der Waals surface area contributed by atoms with Crippen LogP contribution in [0.3, 0.4) is 0 Å². The average molecular weight is 334 g/mol. The van der Waals surface area contributed by atoms with Gasteiger partial charge >= 0.3 is 0 Å². The standard InChI is InChI=1S/C19H30N2O3/c1-13(2)20-6-8-24-18-12-16(5-7-23-18)19(22)21-17-10-14(3)9-15(4)11-17/h9-11,13,16,18,20H,5-8,12H2,1-4H3,(H,21,22). The molecular weight excluding hydrogens is 304 g/mol. The van der Waals surface area contributed by atoms with Crippen molar-refractivity contribution < 1.29 is 14.3 Å². The van der Waals surface area contributed by atoms with Crippen LogP contribution in [-0.4, -0.2) is 38.0 Å². The molecule has 5 heteroatoms. The number of hydrogen-bond acceptors (Lipinski definition) is 4. The zero-order valence-corrected chi connectivity index (χ0v) is 15.2. The molecule has 2 unspecified atom stereocenters. The summed E-state index contributed by atoms with van der Waals surface area (Å²) in [6, 6.07) is 6.53. The summed E-state index contributed by atoms with van der Waals surface area (Å²) in [6.45, 7) is 10.2. The number of rotatable bonds is 7. The highest BCUT2D eigenvalue weighted by atomic mass is 16.7. The molecule has 1 aromatic rings. The van der Waals surface area contributed by atoms with Crippen molar-refractivity contribution in [1.82, 2.24) is 5.32 Å². The summed E-state index contributed by atoms with van der Waals surface area (Å²) in [6.07, 6.45) is 1.06. The Bertz CT molecular complexity index is 525. The van der Waals surface area contributed by atoms with Gasteiger partial charge in [-0.15, -0.1) is 0 Å². The van der Waals surface area contributed by atoms with E-state index in [2.05, 4.69) is 30.5 Å². The summed E-state index contributed by atoms with van der Waals surface area (Å²) in [5.41, 5.74) is 3.16. The van der Waals surface area contributed by atoms with E-state index in [9.17, 15) is 4.79 Å². The SMILES string of the molecule is Cc1cc(C)cc(NC(=O)C2CCOC(OCCNC(C)C)C2)c1. The third kappa shape index (κ3) is 6.23. The second kappa shape index (κ2) is 9.16. The van der Waals surface area contributed by atoms with Gasteiger partial charge in [-0.3, -0.25) is 4.79 Å². The lowest BCUT2D eigenvalue weighted by Crippen LogP contribution is -2.36. The third-order valence-corrected chi connectivity index (χ3v) is 4.07. The van der Waals surface area contributed by atoms with Crippen LogP contribution >= 0.6 is 0 Å². The van der Waals surface area contributed by atoms with E-state index in [-0.39, 0.29) is 18.1 Å². The van der Waals surface area contributed by atoms with Gasteiger partial charge in [-0.1, -0.05) is 19.9 Å². The van der Waals surface area contributed by atoms with Crippen LogP contribution in [0.2, 0.25) is 0 Å². The van der Waals surface area contributed by atoms with Crippen molar-refractivity contribution in [2.75, 3.05) is 25.1 Å². The van der Waals surface area contributed by atoms with Crippen LogP contribution in [0.25, 0.3) is 0 Å². The summed E-state index contributed by atoms with van der Waals surface area (Å²) in [7, 11) is 0. The number of ether oxygens (including phenoxy) is 2. The van der Waals surface area contributed by atoms with Crippen LogP contribution in [0, 0.1) is 19.8 Å². The lowest BCUT2D eigenvalue weighted by atomic mass is 9.98. The molecule has 2 N–H and O–H groups in total. The summed E-state index contributed by atoms with van der Waals surface area (Å²) >= 11 is 0. The molecule has 0 saturated carbocycles. The number of nitrogens with one attached hydrogen (secondary N) is 2. The summed E-state index contributed by atoms with van der Waals surface area (Å²) in [5.74, 6) is -0.0140. The van der Waals surface area contributed by atoms with Gasteiger partial charge in [-0.2, -0.15) is 0 Å². The van der Waals surface area contributed by atoms with Gasteiger partial charge in [-0.05, 0) is 43.5 Å². The van der Waals surface area contributed by atoms with Crippen LogP contribution in [0.15, 0.2) is 18.2 Å². The van der Waals surface area contributed by atoms with E-state index in [0.717, 1.165) is 29.8 Å². The monoisotopic (exact) mass is 334 g/mol. The van der Waals surface area contributed by atoms with E-state index >= 15 is 0 Å². The molecule has 2 atom stereocenters. The van der Waals surface area contributed by atoms with Crippen molar-refractivity contribution in [2.45, 2.75) is 52.9 Å². The first-order valence-corrected chi connectivity index (χ1v) is 8.80. The molecule has 0 spiro atoms. The summed E-state index contributed by atoms with van der Waals surface area (Å²) in [5, 5.41) is 6.34. The molecule has 1 heterocycles. The molecule has 1 fully saturated rings. The van der Waals surface area contributed by atoms with Gasteiger partial charge in [0.2, 0.25) is 5.91 Å². The fourth-order valence-electron chi connectivity index (χ4n) is 2.94. The maximum absolute atomic E-state index is 12.5. The quantitative estimate of drug-likeness (QED) is 0.753. The van der Waals surface area contributed by atoms with Crippen molar-refractivity contribution in [2.24, 2.45) is 5.92 Å². The van der Waals surface area contributed by atoms with E-state index in [1.54, 1.807) is 0 Å². The molecule has 1 saturated heterocycles. The number of amides is 1. The average Bonchev–Trinajstić information content (AvgIpc) is 2.50. The fourth-order valence-corrected chi connectivity index (χ4v) is 2.94. The molecule has 1 amide bonds. The van der Waals surface area contributed by atoms with Gasteiger partial charge in [0.1, 0.15) is 0 Å². The summed E-state index contributed by atoms with van der Waals surface area (Å²) in [4.78, 5) is 12.5. The second-order valence-electron chi connectivity index (χ2n) is 6.87. The molecule has 0 bridgehead atoms. The van der Waals surface area contributed by atoms with Crippen LogP contribution in [0.1, 0.15) is 37.8 Å². The number of carbonyl (C=O) groups is 1. The molecule has 134 valence electrons. The molecule has 2 rings (SSSR count). The van der Waals surface area contributed by atoms with Gasteiger partial charge < -0.3 is 20.1 Å². The van der Waals surface area contributed by atoms with Crippen molar-refractivity contribution in [1.29, 1.82) is 0 Å². The molecule has 1 aromatic carbocycles. The van der Waals surface area contributed by atoms with Crippen LogP contribution < -0.4 is 10.6 Å². The minimum absolute atomic E-state index is 0.0530. The Hall–Kier alpha value is -1.43. The van der Waals surface area contributed by atoms with Gasteiger partial charge in [0.15, 0.2) is 6.29 Å². The third-order valence-electron chi connectivity index (χ3n) is 4.07. The first kappa shape index (κ1) is 18.9. The highest BCUT2D eigenvalue weighted by Crippen LogP contribution is 2.23. The van der Waals surface area contributed by atoms with Crippen LogP contribution in [-0.2, 0) is 14.3 Å². The van der Waals surface area contributed by atoms with E-state index in [4.69, 9.17) is 9.47 Å². The Kier molecular flexibility index (Phi) is 7.21. The number of benzene rings is 1. The molecule has 1 aliphatic rings. The molecule has 0 radical (unpaired) electrons. The van der Waals surface area contributed by atoms with E-state index < -0.39 is 0 Å². The largest absolute Gasteiger partial charge is 0.353 e. The van der Waals surface area contributed by atoms with Crippen LogP contribution in [0.4, 0.5) is 5.69 Å². The van der Waals surface area contributed by atoms with Gasteiger partial charge in [-0.25, -0.2) is 0 Å². The van der Waals surface area contributed by atoms with Crippen molar-refractivity contribution in [3.63, 3.8) is 0 Å².